The number of furan rings is 1. The molecular formula is C42H24OS. The number of benzene rings is 8. The molecule has 1 nitrogen and oxygen atoms in total. The van der Waals surface area contributed by atoms with Crippen LogP contribution in [0.5, 0.6) is 0 Å². The van der Waals surface area contributed by atoms with Gasteiger partial charge in [-0.1, -0.05) is 127 Å². The average Bonchev–Trinajstić information content (AvgIpc) is 3.48. The fraction of sp³-hybridized carbons (Fsp3) is 0. The van der Waals surface area contributed by atoms with Crippen LogP contribution in [0.25, 0.3) is 87.6 Å². The smallest absolute Gasteiger partial charge is 0.143 e. The van der Waals surface area contributed by atoms with E-state index in [1.54, 1.807) is 0 Å². The van der Waals surface area contributed by atoms with E-state index >= 15 is 0 Å². The molecule has 1 aromatic heterocycles. The second-order valence-corrected chi connectivity index (χ2v) is 12.7. The van der Waals surface area contributed by atoms with Crippen LogP contribution in [0.3, 0.4) is 0 Å². The molecule has 0 fully saturated rings. The van der Waals surface area contributed by atoms with E-state index in [2.05, 4.69) is 146 Å². The quantitative estimate of drug-likeness (QED) is 0.203. The summed E-state index contributed by atoms with van der Waals surface area (Å²) in [5.41, 5.74) is 9.41. The summed E-state index contributed by atoms with van der Waals surface area (Å²) in [6, 6.07) is 53.0. The fourth-order valence-corrected chi connectivity index (χ4v) is 8.42. The lowest BCUT2D eigenvalue weighted by atomic mass is 9.89. The Balaban J connectivity index is 1.19. The van der Waals surface area contributed by atoms with Crippen molar-refractivity contribution in [3.05, 3.63) is 146 Å². The van der Waals surface area contributed by atoms with Crippen LogP contribution in [0.1, 0.15) is 0 Å². The molecule has 2 heteroatoms. The van der Waals surface area contributed by atoms with Gasteiger partial charge >= 0.3 is 0 Å². The molecule has 1 aliphatic rings. The molecule has 0 saturated carbocycles. The van der Waals surface area contributed by atoms with Crippen molar-refractivity contribution < 1.29 is 4.42 Å². The molecule has 0 saturated heterocycles. The maximum atomic E-state index is 6.53. The number of fused-ring (bicyclic) bond motifs is 8. The first kappa shape index (κ1) is 24.2. The van der Waals surface area contributed by atoms with Gasteiger partial charge in [0.25, 0.3) is 0 Å². The summed E-state index contributed by atoms with van der Waals surface area (Å²) < 4.78 is 6.53. The Bertz CT molecular complexity index is 2640. The summed E-state index contributed by atoms with van der Waals surface area (Å²) in [4.78, 5) is 2.65. The summed E-state index contributed by atoms with van der Waals surface area (Å²) in [7, 11) is 0. The minimum absolute atomic E-state index is 0.920. The van der Waals surface area contributed by atoms with Crippen molar-refractivity contribution in [3.63, 3.8) is 0 Å². The summed E-state index contributed by atoms with van der Waals surface area (Å²) in [5, 5.41) is 9.82. The van der Waals surface area contributed by atoms with Gasteiger partial charge in [-0.3, -0.25) is 0 Å². The van der Waals surface area contributed by atoms with Crippen LogP contribution in [-0.4, -0.2) is 0 Å². The minimum Gasteiger partial charge on any atom is -0.455 e. The predicted molar refractivity (Wildman–Crippen MR) is 187 cm³/mol. The van der Waals surface area contributed by atoms with Crippen molar-refractivity contribution in [1.82, 2.24) is 0 Å². The van der Waals surface area contributed by atoms with Gasteiger partial charge in [-0.05, 0) is 85.3 Å². The molecule has 0 N–H and O–H groups in total. The van der Waals surface area contributed by atoms with E-state index < -0.39 is 0 Å². The van der Waals surface area contributed by atoms with Gasteiger partial charge in [0, 0.05) is 31.3 Å². The van der Waals surface area contributed by atoms with Crippen LogP contribution in [-0.2, 0) is 0 Å². The summed E-state index contributed by atoms with van der Waals surface area (Å²) >= 11 is 1.88. The van der Waals surface area contributed by atoms with Crippen molar-refractivity contribution >= 4 is 66.0 Å². The van der Waals surface area contributed by atoms with Gasteiger partial charge in [-0.15, -0.1) is 0 Å². The van der Waals surface area contributed by atoms with Crippen LogP contribution < -0.4 is 0 Å². The maximum Gasteiger partial charge on any atom is 0.143 e. The van der Waals surface area contributed by atoms with E-state index in [1.807, 2.05) is 11.8 Å². The lowest BCUT2D eigenvalue weighted by molar-refractivity contribution is 0.673. The number of rotatable bonds is 2. The highest BCUT2D eigenvalue weighted by Crippen LogP contribution is 2.49. The molecule has 0 unspecified atom stereocenters. The molecule has 0 bridgehead atoms. The normalized spacial score (nSPS) is 12.5. The number of hydrogen-bond donors (Lipinski definition) is 0. The van der Waals surface area contributed by atoms with Crippen LogP contribution in [0.4, 0.5) is 0 Å². The Labute approximate surface area is 258 Å². The second kappa shape index (κ2) is 9.09. The lowest BCUT2D eigenvalue weighted by Crippen LogP contribution is -1.94. The van der Waals surface area contributed by atoms with E-state index in [0.29, 0.717) is 0 Å². The predicted octanol–water partition coefficient (Wildman–Crippen LogP) is 12.5. The maximum absolute atomic E-state index is 6.53. The highest BCUT2D eigenvalue weighted by molar-refractivity contribution is 7.99. The van der Waals surface area contributed by atoms with Crippen LogP contribution in [0, 0.1) is 0 Å². The van der Waals surface area contributed by atoms with E-state index in [1.165, 1.54) is 75.5 Å². The van der Waals surface area contributed by atoms with Gasteiger partial charge in [0.1, 0.15) is 11.2 Å². The van der Waals surface area contributed by atoms with Crippen LogP contribution in [0.2, 0.25) is 0 Å². The fourth-order valence-electron chi connectivity index (χ4n) is 7.30. The third-order valence-corrected chi connectivity index (χ3v) is 10.4. The highest BCUT2D eigenvalue weighted by Gasteiger charge is 2.21. The molecule has 44 heavy (non-hydrogen) atoms. The molecule has 8 aromatic carbocycles. The molecule has 0 radical (unpaired) electrons. The van der Waals surface area contributed by atoms with Crippen molar-refractivity contribution in [2.24, 2.45) is 0 Å². The number of hydrogen-bond acceptors (Lipinski definition) is 2. The Morgan fingerprint density at radius 1 is 0.386 bits per heavy atom. The molecule has 0 spiro atoms. The molecule has 2 heterocycles. The van der Waals surface area contributed by atoms with Crippen molar-refractivity contribution in [2.75, 3.05) is 0 Å². The van der Waals surface area contributed by atoms with E-state index in [0.717, 1.165) is 21.9 Å². The van der Waals surface area contributed by atoms with Crippen LogP contribution in [0.15, 0.2) is 160 Å². The van der Waals surface area contributed by atoms with E-state index in [-0.39, 0.29) is 0 Å². The topological polar surface area (TPSA) is 13.1 Å². The van der Waals surface area contributed by atoms with Gasteiger partial charge in [0.05, 0.1) is 0 Å². The second-order valence-electron chi connectivity index (χ2n) is 11.6. The molecule has 10 rings (SSSR count). The Kier molecular flexibility index (Phi) is 5.00. The highest BCUT2D eigenvalue weighted by atomic mass is 32.2. The Morgan fingerprint density at radius 3 is 1.98 bits per heavy atom. The molecule has 204 valence electrons. The average molecular weight is 577 g/mol. The van der Waals surface area contributed by atoms with Gasteiger partial charge in [0.15, 0.2) is 0 Å². The Hall–Kier alpha value is -5.31. The van der Waals surface area contributed by atoms with Gasteiger partial charge in [-0.2, -0.15) is 0 Å². The molecule has 0 atom stereocenters. The molecule has 9 aromatic rings. The monoisotopic (exact) mass is 576 g/mol. The van der Waals surface area contributed by atoms with Crippen molar-refractivity contribution in [2.45, 2.75) is 9.79 Å². The van der Waals surface area contributed by atoms with Gasteiger partial charge in [0.2, 0.25) is 0 Å². The van der Waals surface area contributed by atoms with Crippen molar-refractivity contribution in [1.29, 1.82) is 0 Å². The SMILES string of the molecule is c1cc2c3c(cccc3c1)-c1cc(-c3ccc(-c4cccc5oc6c7ccccc7ccc6c45)c4ccccc34)ccc1S2. The molecule has 0 amide bonds. The first-order chi connectivity index (χ1) is 21.8. The van der Waals surface area contributed by atoms with E-state index in [4.69, 9.17) is 4.42 Å². The van der Waals surface area contributed by atoms with E-state index in [9.17, 15) is 0 Å². The minimum atomic E-state index is 0.920. The largest absolute Gasteiger partial charge is 0.455 e. The first-order valence-corrected chi connectivity index (χ1v) is 15.8. The molecule has 1 aliphatic heterocycles. The zero-order valence-electron chi connectivity index (χ0n) is 23.7. The Morgan fingerprint density at radius 2 is 1.09 bits per heavy atom. The standard InChI is InChI=1S/C42H24OS/c1-2-11-29-25(8-1)18-20-35-41-33(15-7-16-37(41)43-42(29)35)32-22-21-28(30-12-3-4-13-31(30)32)27-19-23-38-36(24-27)34-14-5-9-26-10-6-17-39(44-38)40(26)34/h1-24H. The van der Waals surface area contributed by atoms with Crippen molar-refractivity contribution in [3.8, 4) is 33.4 Å². The van der Waals surface area contributed by atoms with Gasteiger partial charge in [-0.25, -0.2) is 0 Å². The summed E-state index contributed by atoms with van der Waals surface area (Å²) in [6.07, 6.45) is 0. The summed E-state index contributed by atoms with van der Waals surface area (Å²) in [5.74, 6) is 0. The zero-order valence-corrected chi connectivity index (χ0v) is 24.5. The third kappa shape index (κ3) is 3.37. The zero-order chi connectivity index (χ0) is 28.8. The van der Waals surface area contributed by atoms with Crippen LogP contribution >= 0.6 is 11.8 Å². The molecule has 0 aliphatic carbocycles. The summed E-state index contributed by atoms with van der Waals surface area (Å²) in [6.45, 7) is 0. The third-order valence-electron chi connectivity index (χ3n) is 9.27. The molecular weight excluding hydrogens is 553 g/mol. The first-order valence-electron chi connectivity index (χ1n) is 15.0. The lowest BCUT2D eigenvalue weighted by Gasteiger charge is -2.21. The van der Waals surface area contributed by atoms with Gasteiger partial charge < -0.3 is 4.42 Å².